The highest BCUT2D eigenvalue weighted by Gasteiger charge is 2.37. The summed E-state index contributed by atoms with van der Waals surface area (Å²) in [7, 11) is 0. The predicted molar refractivity (Wildman–Crippen MR) is 127 cm³/mol. The van der Waals surface area contributed by atoms with Gasteiger partial charge in [-0.3, -0.25) is 0 Å². The fourth-order valence-electron chi connectivity index (χ4n) is 5.19. The lowest BCUT2D eigenvalue weighted by atomic mass is 9.68. The zero-order valence-electron chi connectivity index (χ0n) is 19.5. The zero-order valence-corrected chi connectivity index (χ0v) is 19.5. The summed E-state index contributed by atoms with van der Waals surface area (Å²) >= 11 is 0. The van der Waals surface area contributed by atoms with Crippen molar-refractivity contribution in [2.24, 2.45) is 5.41 Å². The van der Waals surface area contributed by atoms with Crippen LogP contribution in [0.2, 0.25) is 0 Å². The number of hydrogen-bond acceptors (Lipinski definition) is 0. The van der Waals surface area contributed by atoms with Crippen LogP contribution in [0.15, 0.2) is 59.7 Å². The summed E-state index contributed by atoms with van der Waals surface area (Å²) in [6.45, 7) is 18.9. The number of fused-ring (bicyclic) bond motifs is 3. The quantitative estimate of drug-likeness (QED) is 0.418. The Morgan fingerprint density at radius 1 is 0.724 bits per heavy atom. The van der Waals surface area contributed by atoms with Crippen molar-refractivity contribution in [3.8, 4) is 11.1 Å². The van der Waals surface area contributed by atoms with Gasteiger partial charge in [0.15, 0.2) is 0 Å². The van der Waals surface area contributed by atoms with E-state index in [2.05, 4.69) is 104 Å². The van der Waals surface area contributed by atoms with Crippen LogP contribution in [-0.4, -0.2) is 0 Å². The molecule has 0 heteroatoms. The highest BCUT2D eigenvalue weighted by Crippen LogP contribution is 2.50. The van der Waals surface area contributed by atoms with Gasteiger partial charge >= 0.3 is 0 Å². The maximum absolute atomic E-state index is 2.49. The molecule has 4 rings (SSSR count). The summed E-state index contributed by atoms with van der Waals surface area (Å²) in [5.41, 5.74) is 12.3. The lowest BCUT2D eigenvalue weighted by Crippen LogP contribution is -2.28. The van der Waals surface area contributed by atoms with E-state index < -0.39 is 0 Å². The van der Waals surface area contributed by atoms with Gasteiger partial charge in [0.2, 0.25) is 0 Å². The summed E-state index contributed by atoms with van der Waals surface area (Å²) < 4.78 is 0. The van der Waals surface area contributed by atoms with Crippen molar-refractivity contribution in [2.75, 3.05) is 0 Å². The first-order valence-electron chi connectivity index (χ1n) is 11.1. The zero-order chi connectivity index (χ0) is 21.2. The van der Waals surface area contributed by atoms with Gasteiger partial charge in [0, 0.05) is 5.41 Å². The van der Waals surface area contributed by atoms with Gasteiger partial charge in [-0.2, -0.15) is 0 Å². The van der Waals surface area contributed by atoms with Crippen LogP contribution < -0.4 is 0 Å². The maximum atomic E-state index is 2.49. The Morgan fingerprint density at radius 2 is 1.41 bits per heavy atom. The fourth-order valence-corrected chi connectivity index (χ4v) is 5.19. The molecule has 2 aliphatic carbocycles. The van der Waals surface area contributed by atoms with Gasteiger partial charge in [0.1, 0.15) is 0 Å². The average molecular weight is 385 g/mol. The fraction of sp³-hybridized carbons (Fsp3) is 0.448. The Bertz CT molecular complexity index is 1030. The van der Waals surface area contributed by atoms with Crippen LogP contribution in [0.25, 0.3) is 11.1 Å². The van der Waals surface area contributed by atoms with Crippen molar-refractivity contribution in [1.29, 1.82) is 0 Å². The molecule has 2 aliphatic rings. The average Bonchev–Trinajstić information content (AvgIpc) is 3.25. The van der Waals surface area contributed by atoms with Crippen LogP contribution in [0.1, 0.15) is 84.1 Å². The van der Waals surface area contributed by atoms with Crippen molar-refractivity contribution >= 4 is 0 Å². The van der Waals surface area contributed by atoms with Gasteiger partial charge in [-0.1, -0.05) is 110 Å². The molecule has 0 nitrogen and oxygen atoms in total. The normalized spacial score (nSPS) is 16.4. The van der Waals surface area contributed by atoms with E-state index in [0.717, 1.165) is 12.8 Å². The minimum absolute atomic E-state index is 0.0134. The van der Waals surface area contributed by atoms with Gasteiger partial charge in [-0.15, -0.1) is 0 Å². The molecule has 0 saturated heterocycles. The molecule has 0 unspecified atom stereocenters. The van der Waals surface area contributed by atoms with Crippen molar-refractivity contribution in [3.05, 3.63) is 82.0 Å². The van der Waals surface area contributed by atoms with Crippen molar-refractivity contribution in [3.63, 3.8) is 0 Å². The molecule has 29 heavy (non-hydrogen) atoms. The lowest BCUT2D eigenvalue weighted by Gasteiger charge is -2.36. The number of allylic oxidation sites excluding steroid dienone is 4. The summed E-state index contributed by atoms with van der Waals surface area (Å²) in [5.74, 6) is 0. The maximum Gasteiger partial charge on any atom is 0.0117 e. The van der Waals surface area contributed by atoms with E-state index in [1.165, 1.54) is 27.8 Å². The second-order valence-corrected chi connectivity index (χ2v) is 11.5. The highest BCUT2D eigenvalue weighted by atomic mass is 14.4. The topological polar surface area (TPSA) is 0 Å². The molecule has 152 valence electrons. The van der Waals surface area contributed by atoms with E-state index in [1.54, 1.807) is 16.7 Å². The van der Waals surface area contributed by atoms with Crippen LogP contribution in [0.4, 0.5) is 0 Å². The Labute approximate surface area is 177 Å². The monoisotopic (exact) mass is 384 g/mol. The standard InChI is InChI=1S/C29H36/c1-27(2,3)20-13-14-21(18-20)29(7,8)26-24-17-19-11-9-10-12-22(19)23(24)15-16-25(26)28(4,5)6/h9-13,15-16,18H,14,17H2,1-8H3. The SMILES string of the molecule is CC(C)(C)C1=CCC(C(C)(C)c2c(C(C)(C)C)ccc3c2Cc2ccccc2-3)=C1. The molecule has 2 aromatic rings. The number of hydrogen-bond donors (Lipinski definition) is 0. The van der Waals surface area contributed by atoms with Gasteiger partial charge in [0.05, 0.1) is 0 Å². The van der Waals surface area contributed by atoms with E-state index in [9.17, 15) is 0 Å². The summed E-state index contributed by atoms with van der Waals surface area (Å²) in [6.07, 6.45) is 7.07. The van der Waals surface area contributed by atoms with Crippen LogP contribution in [0.5, 0.6) is 0 Å². The predicted octanol–water partition coefficient (Wildman–Crippen LogP) is 8.14. The summed E-state index contributed by atoms with van der Waals surface area (Å²) in [5, 5.41) is 0. The summed E-state index contributed by atoms with van der Waals surface area (Å²) in [4.78, 5) is 0. The van der Waals surface area contributed by atoms with Crippen LogP contribution in [0, 0.1) is 5.41 Å². The molecular weight excluding hydrogens is 348 g/mol. The first kappa shape index (κ1) is 20.2. The van der Waals surface area contributed by atoms with Crippen molar-refractivity contribution in [1.82, 2.24) is 0 Å². The largest absolute Gasteiger partial charge is 0.0767 e. The first-order chi connectivity index (χ1) is 13.4. The smallest absolute Gasteiger partial charge is 0.0117 e. The van der Waals surface area contributed by atoms with E-state index in [-0.39, 0.29) is 16.2 Å². The minimum atomic E-state index is 0.0134. The van der Waals surface area contributed by atoms with E-state index in [0.29, 0.717) is 0 Å². The Hall–Kier alpha value is -2.08. The number of benzene rings is 2. The van der Waals surface area contributed by atoms with Crippen LogP contribution in [-0.2, 0) is 17.3 Å². The Kier molecular flexibility index (Phi) is 4.50. The molecule has 0 radical (unpaired) electrons. The molecule has 0 fully saturated rings. The molecule has 0 aromatic heterocycles. The first-order valence-corrected chi connectivity index (χ1v) is 11.1. The van der Waals surface area contributed by atoms with Gasteiger partial charge in [-0.25, -0.2) is 0 Å². The molecule has 0 aliphatic heterocycles. The molecule has 0 atom stereocenters. The van der Waals surface area contributed by atoms with Gasteiger partial charge in [-0.05, 0) is 62.6 Å². The molecule has 0 bridgehead atoms. The molecule has 0 amide bonds. The highest BCUT2D eigenvalue weighted by molar-refractivity contribution is 5.79. The van der Waals surface area contributed by atoms with E-state index in [4.69, 9.17) is 0 Å². The summed E-state index contributed by atoms with van der Waals surface area (Å²) in [6, 6.07) is 13.7. The molecule has 0 saturated carbocycles. The van der Waals surface area contributed by atoms with Crippen LogP contribution in [0.3, 0.4) is 0 Å². The minimum Gasteiger partial charge on any atom is -0.0767 e. The molecule has 0 heterocycles. The Balaban J connectivity index is 1.91. The molecule has 0 N–H and O–H groups in total. The molecule has 2 aromatic carbocycles. The van der Waals surface area contributed by atoms with Crippen molar-refractivity contribution < 1.29 is 0 Å². The third kappa shape index (κ3) is 3.31. The lowest BCUT2D eigenvalue weighted by molar-refractivity contribution is 0.516. The van der Waals surface area contributed by atoms with Crippen LogP contribution >= 0.6 is 0 Å². The second-order valence-electron chi connectivity index (χ2n) is 11.5. The number of rotatable bonds is 2. The second kappa shape index (κ2) is 6.46. The third-order valence-corrected chi connectivity index (χ3v) is 6.96. The van der Waals surface area contributed by atoms with E-state index >= 15 is 0 Å². The van der Waals surface area contributed by atoms with Crippen molar-refractivity contribution in [2.45, 2.75) is 79.1 Å². The van der Waals surface area contributed by atoms with Gasteiger partial charge < -0.3 is 0 Å². The Morgan fingerprint density at radius 3 is 2.03 bits per heavy atom. The molecule has 0 spiro atoms. The molecular formula is C29H36. The van der Waals surface area contributed by atoms with E-state index in [1.807, 2.05) is 0 Å². The van der Waals surface area contributed by atoms with Gasteiger partial charge in [0.25, 0.3) is 0 Å². The third-order valence-electron chi connectivity index (χ3n) is 6.96.